The zero-order chi connectivity index (χ0) is 27.9. The zero-order valence-corrected chi connectivity index (χ0v) is 19.6. The smallest absolute Gasteiger partial charge is 0.276 e. The Morgan fingerprint density at radius 3 is 1.71 bits per heavy atom. The van der Waals surface area contributed by atoms with Gasteiger partial charge < -0.3 is 4.74 Å². The highest BCUT2D eigenvalue weighted by Gasteiger charge is 2.36. The fourth-order valence-electron chi connectivity index (χ4n) is 3.99. The first-order chi connectivity index (χ1) is 17.8. The van der Waals surface area contributed by atoms with Gasteiger partial charge in [-0.05, 0) is 53.9 Å². The fourth-order valence-corrected chi connectivity index (χ4v) is 3.99. The maximum atomic E-state index is 15.3. The van der Waals surface area contributed by atoms with Gasteiger partial charge in [0.25, 0.3) is 5.85 Å². The average Bonchev–Trinajstić information content (AvgIpc) is 2.77. The van der Waals surface area contributed by atoms with E-state index in [2.05, 4.69) is 0 Å². The second-order valence-corrected chi connectivity index (χ2v) is 8.51. The van der Waals surface area contributed by atoms with E-state index in [4.69, 9.17) is 10.00 Å². The minimum absolute atomic E-state index is 0.103. The van der Waals surface area contributed by atoms with E-state index < -0.39 is 74.6 Å². The molecule has 0 aliphatic rings. The Morgan fingerprint density at radius 2 is 1.21 bits per heavy atom. The van der Waals surface area contributed by atoms with Gasteiger partial charge in [-0.15, -0.1) is 0 Å². The molecule has 0 N–H and O–H groups in total. The van der Waals surface area contributed by atoms with Crippen LogP contribution < -0.4 is 4.74 Å². The van der Waals surface area contributed by atoms with Crippen LogP contribution in [0.3, 0.4) is 0 Å². The lowest BCUT2D eigenvalue weighted by molar-refractivity contribution is -0.0565. The second-order valence-electron chi connectivity index (χ2n) is 8.51. The van der Waals surface area contributed by atoms with Crippen LogP contribution in [-0.2, 0) is 5.85 Å². The quantitative estimate of drug-likeness (QED) is 0.242. The van der Waals surface area contributed by atoms with Crippen molar-refractivity contribution in [3.05, 3.63) is 112 Å². The van der Waals surface area contributed by atoms with Crippen molar-refractivity contribution >= 4 is 0 Å². The molecule has 10 heteroatoms. The zero-order valence-electron chi connectivity index (χ0n) is 19.6. The Morgan fingerprint density at radius 1 is 0.684 bits per heavy atom. The maximum Gasteiger partial charge on any atom is 0.276 e. The molecule has 0 aliphatic heterocycles. The van der Waals surface area contributed by atoms with Crippen molar-refractivity contribution in [2.75, 3.05) is 0 Å². The van der Waals surface area contributed by atoms with Crippen molar-refractivity contribution in [2.45, 2.75) is 19.7 Å². The van der Waals surface area contributed by atoms with Gasteiger partial charge in [0, 0.05) is 24.6 Å². The first-order valence-corrected chi connectivity index (χ1v) is 10.8. The van der Waals surface area contributed by atoms with E-state index in [1.54, 1.807) is 6.92 Å². The molecule has 0 aromatic heterocycles. The Balaban J connectivity index is 1.73. The molecular formula is C28H15F8NO. The van der Waals surface area contributed by atoms with Crippen LogP contribution in [0.15, 0.2) is 54.6 Å². The second kappa shape index (κ2) is 9.82. The monoisotopic (exact) mass is 533 g/mol. The summed E-state index contributed by atoms with van der Waals surface area (Å²) >= 11 is 0. The van der Waals surface area contributed by atoms with E-state index in [0.717, 1.165) is 12.1 Å². The van der Waals surface area contributed by atoms with Gasteiger partial charge in [-0.2, -0.15) is 9.65 Å². The third-order valence-corrected chi connectivity index (χ3v) is 5.69. The van der Waals surface area contributed by atoms with E-state index in [-0.39, 0.29) is 11.1 Å². The van der Waals surface area contributed by atoms with Crippen molar-refractivity contribution in [2.24, 2.45) is 0 Å². The topological polar surface area (TPSA) is 33.0 Å². The summed E-state index contributed by atoms with van der Waals surface area (Å²) in [6, 6.07) is 8.64. The largest absolute Gasteiger partial charge is 0.454 e. The average molecular weight is 533 g/mol. The molecule has 0 spiro atoms. The lowest BCUT2D eigenvalue weighted by atomic mass is 9.96. The van der Waals surface area contributed by atoms with Crippen molar-refractivity contribution < 1.29 is 39.9 Å². The lowest BCUT2D eigenvalue weighted by Crippen LogP contribution is -2.27. The molecule has 0 radical (unpaired) electrons. The van der Waals surface area contributed by atoms with Gasteiger partial charge in [0.15, 0.2) is 0 Å². The number of hydrogen-bond acceptors (Lipinski definition) is 2. The number of rotatable bonds is 5. The fraction of sp³-hybridized carbons (Fsp3) is 0.107. The number of aryl methyl sites for hydroxylation is 1. The number of benzene rings is 4. The number of nitriles is 1. The molecule has 0 fully saturated rings. The molecular weight excluding hydrogens is 518 g/mol. The highest BCUT2D eigenvalue weighted by molar-refractivity contribution is 5.72. The van der Waals surface area contributed by atoms with E-state index in [1.807, 2.05) is 0 Å². The van der Waals surface area contributed by atoms with E-state index >= 15 is 4.39 Å². The standard InChI is InChI=1S/C28H15F8NO/c1-13-3-4-17(19(29)5-13)14-6-22(32)26(23(33)7-14)15-8-24(34)27(25(35)9-15)28(2,36)38-16-10-20(30)18(12-37)21(31)11-16/h3-11H,1-2H3. The van der Waals surface area contributed by atoms with E-state index in [0.29, 0.717) is 36.8 Å². The number of halogens is 8. The molecule has 4 rings (SSSR count). The van der Waals surface area contributed by atoms with Crippen molar-refractivity contribution in [1.82, 2.24) is 0 Å². The summed E-state index contributed by atoms with van der Waals surface area (Å²) in [4.78, 5) is 0. The van der Waals surface area contributed by atoms with Gasteiger partial charge in [-0.3, -0.25) is 0 Å². The van der Waals surface area contributed by atoms with Crippen LogP contribution in [0.25, 0.3) is 22.3 Å². The van der Waals surface area contributed by atoms with Crippen molar-refractivity contribution in [1.29, 1.82) is 5.26 Å². The molecule has 2 nitrogen and oxygen atoms in total. The van der Waals surface area contributed by atoms with Crippen LogP contribution in [0.5, 0.6) is 5.75 Å². The van der Waals surface area contributed by atoms with Crippen molar-refractivity contribution in [3.63, 3.8) is 0 Å². The Hall–Kier alpha value is -4.39. The number of nitrogens with zero attached hydrogens (tertiary/aromatic N) is 1. The summed E-state index contributed by atoms with van der Waals surface area (Å²) in [6.07, 6.45) is 0. The minimum Gasteiger partial charge on any atom is -0.454 e. The Bertz CT molecular complexity index is 1560. The molecule has 4 aromatic rings. The number of ether oxygens (including phenoxy) is 1. The molecule has 0 saturated heterocycles. The first kappa shape index (κ1) is 26.7. The highest BCUT2D eigenvalue weighted by Crippen LogP contribution is 2.38. The summed E-state index contributed by atoms with van der Waals surface area (Å²) in [7, 11) is 0. The molecule has 194 valence electrons. The van der Waals surface area contributed by atoms with Crippen LogP contribution in [-0.4, -0.2) is 0 Å². The summed E-state index contributed by atoms with van der Waals surface area (Å²) in [5.41, 5.74) is -3.50. The molecule has 0 aliphatic carbocycles. The number of hydrogen-bond donors (Lipinski definition) is 0. The molecule has 0 amide bonds. The number of alkyl halides is 1. The summed E-state index contributed by atoms with van der Waals surface area (Å²) in [5, 5.41) is 8.71. The van der Waals surface area contributed by atoms with Crippen LogP contribution in [0.2, 0.25) is 0 Å². The molecule has 1 unspecified atom stereocenters. The Kier molecular flexibility index (Phi) is 6.89. The molecule has 4 aromatic carbocycles. The van der Waals surface area contributed by atoms with Gasteiger partial charge in [-0.1, -0.05) is 12.1 Å². The maximum absolute atomic E-state index is 15.3. The van der Waals surface area contributed by atoms with E-state index in [1.165, 1.54) is 24.3 Å². The highest BCUT2D eigenvalue weighted by atomic mass is 19.2. The normalized spacial score (nSPS) is 12.7. The van der Waals surface area contributed by atoms with E-state index in [9.17, 15) is 30.7 Å². The minimum atomic E-state index is -3.34. The SMILES string of the molecule is Cc1ccc(-c2cc(F)c(-c3cc(F)c(C(C)(F)Oc4cc(F)c(C#N)c(F)c4)c(F)c3)c(F)c2)c(F)c1. The Labute approximate surface area is 211 Å². The van der Waals surface area contributed by atoms with Crippen LogP contribution in [0.1, 0.15) is 23.6 Å². The third-order valence-electron chi connectivity index (χ3n) is 5.69. The lowest BCUT2D eigenvalue weighted by Gasteiger charge is -2.24. The van der Waals surface area contributed by atoms with Crippen molar-refractivity contribution in [3.8, 4) is 34.1 Å². The third kappa shape index (κ3) is 4.92. The summed E-state index contributed by atoms with van der Waals surface area (Å²) in [6.45, 7) is 2.17. The molecule has 1 atom stereocenters. The summed E-state index contributed by atoms with van der Waals surface area (Å²) in [5.74, 6) is -13.5. The molecule has 0 heterocycles. The van der Waals surface area contributed by atoms with Gasteiger partial charge in [0.2, 0.25) is 0 Å². The molecule has 38 heavy (non-hydrogen) atoms. The van der Waals surface area contributed by atoms with Gasteiger partial charge in [0.1, 0.15) is 58.1 Å². The van der Waals surface area contributed by atoms with Crippen LogP contribution in [0.4, 0.5) is 35.1 Å². The molecule has 0 saturated carbocycles. The predicted molar refractivity (Wildman–Crippen MR) is 122 cm³/mol. The van der Waals surface area contributed by atoms with Crippen LogP contribution in [0, 0.1) is 59.0 Å². The molecule has 0 bridgehead atoms. The van der Waals surface area contributed by atoms with Gasteiger partial charge in [0.05, 0.1) is 11.1 Å². The van der Waals surface area contributed by atoms with Gasteiger partial charge >= 0.3 is 0 Å². The first-order valence-electron chi connectivity index (χ1n) is 10.8. The summed E-state index contributed by atoms with van der Waals surface area (Å²) < 4.78 is 122. The van der Waals surface area contributed by atoms with Crippen LogP contribution >= 0.6 is 0 Å². The van der Waals surface area contributed by atoms with Gasteiger partial charge in [-0.25, -0.2) is 30.7 Å². The predicted octanol–water partition coefficient (Wildman–Crippen LogP) is 8.40.